The third kappa shape index (κ3) is 5.79. The molecular formula is C14H18N2O3S. The predicted molar refractivity (Wildman–Crippen MR) is 81.7 cm³/mol. The summed E-state index contributed by atoms with van der Waals surface area (Å²) in [6.07, 6.45) is 1.84. The van der Waals surface area contributed by atoms with Crippen molar-refractivity contribution in [2.24, 2.45) is 0 Å². The maximum absolute atomic E-state index is 11.7. The van der Waals surface area contributed by atoms with Gasteiger partial charge in [0.2, 0.25) is 5.91 Å². The lowest BCUT2D eigenvalue weighted by Crippen LogP contribution is -2.32. The van der Waals surface area contributed by atoms with Crippen LogP contribution in [0.5, 0.6) is 0 Å². The standard InChI is InChI=1S/C14H18N2O3S/c1-3-4-9-19-13(18)11-5-7-12(8-6-11)16-14(20)15-10(2)17/h5-8H,3-4,9H2,1-2H3,(H2,15,16,17,20). The highest BCUT2D eigenvalue weighted by atomic mass is 32.1. The lowest BCUT2D eigenvalue weighted by atomic mass is 10.2. The van der Waals surface area contributed by atoms with Gasteiger partial charge in [-0.15, -0.1) is 0 Å². The van der Waals surface area contributed by atoms with E-state index in [9.17, 15) is 9.59 Å². The fourth-order valence-electron chi connectivity index (χ4n) is 1.40. The zero-order valence-electron chi connectivity index (χ0n) is 11.6. The van der Waals surface area contributed by atoms with Crippen LogP contribution in [-0.2, 0) is 9.53 Å². The second kappa shape index (κ2) is 8.27. The van der Waals surface area contributed by atoms with Crippen molar-refractivity contribution < 1.29 is 14.3 Å². The summed E-state index contributed by atoms with van der Waals surface area (Å²) in [6, 6.07) is 6.69. The fourth-order valence-corrected chi connectivity index (χ4v) is 1.67. The third-order valence-corrected chi connectivity index (χ3v) is 2.60. The summed E-state index contributed by atoms with van der Waals surface area (Å²) in [4.78, 5) is 22.5. The maximum atomic E-state index is 11.7. The van der Waals surface area contributed by atoms with Gasteiger partial charge in [-0.1, -0.05) is 13.3 Å². The monoisotopic (exact) mass is 294 g/mol. The van der Waals surface area contributed by atoms with Gasteiger partial charge in [-0.2, -0.15) is 0 Å². The molecule has 2 N–H and O–H groups in total. The van der Waals surface area contributed by atoms with Gasteiger partial charge in [0.15, 0.2) is 5.11 Å². The van der Waals surface area contributed by atoms with Crippen molar-refractivity contribution in [1.82, 2.24) is 5.32 Å². The van der Waals surface area contributed by atoms with E-state index in [1.54, 1.807) is 24.3 Å². The van der Waals surface area contributed by atoms with Gasteiger partial charge in [-0.3, -0.25) is 4.79 Å². The van der Waals surface area contributed by atoms with Gasteiger partial charge >= 0.3 is 5.97 Å². The molecule has 1 rings (SSSR count). The van der Waals surface area contributed by atoms with Gasteiger partial charge in [-0.05, 0) is 42.9 Å². The van der Waals surface area contributed by atoms with Crippen LogP contribution < -0.4 is 10.6 Å². The summed E-state index contributed by atoms with van der Waals surface area (Å²) in [5, 5.41) is 5.51. The number of anilines is 1. The molecule has 0 saturated carbocycles. The van der Waals surface area contributed by atoms with Gasteiger partial charge in [0, 0.05) is 12.6 Å². The zero-order valence-corrected chi connectivity index (χ0v) is 12.4. The Kier molecular flexibility index (Phi) is 6.66. The Bertz CT molecular complexity index is 486. The number of carbonyl (C=O) groups excluding carboxylic acids is 2. The number of carbonyl (C=O) groups is 2. The smallest absolute Gasteiger partial charge is 0.338 e. The molecule has 5 nitrogen and oxygen atoms in total. The Morgan fingerprint density at radius 1 is 1.25 bits per heavy atom. The normalized spacial score (nSPS) is 9.70. The Morgan fingerprint density at radius 2 is 1.90 bits per heavy atom. The number of amides is 1. The summed E-state index contributed by atoms with van der Waals surface area (Å²) < 4.78 is 5.10. The third-order valence-electron chi connectivity index (χ3n) is 2.40. The second-order valence-corrected chi connectivity index (χ2v) is 4.61. The largest absolute Gasteiger partial charge is 0.462 e. The summed E-state index contributed by atoms with van der Waals surface area (Å²) in [5.74, 6) is -0.576. The molecule has 0 atom stereocenters. The number of rotatable bonds is 5. The first kappa shape index (κ1) is 16.1. The lowest BCUT2D eigenvalue weighted by Gasteiger charge is -2.08. The molecule has 108 valence electrons. The highest BCUT2D eigenvalue weighted by Crippen LogP contribution is 2.10. The Balaban J connectivity index is 2.53. The van der Waals surface area contributed by atoms with Crippen LogP contribution >= 0.6 is 12.2 Å². The number of esters is 1. The van der Waals surface area contributed by atoms with Gasteiger partial charge in [0.05, 0.1) is 12.2 Å². The van der Waals surface area contributed by atoms with E-state index >= 15 is 0 Å². The van der Waals surface area contributed by atoms with Crippen LogP contribution in [0, 0.1) is 0 Å². The lowest BCUT2D eigenvalue weighted by molar-refractivity contribution is -0.117. The first-order chi connectivity index (χ1) is 9.52. The van der Waals surface area contributed by atoms with Crippen molar-refractivity contribution in [3.8, 4) is 0 Å². The molecule has 1 amide bonds. The van der Waals surface area contributed by atoms with Crippen LogP contribution in [0.15, 0.2) is 24.3 Å². The fraction of sp³-hybridized carbons (Fsp3) is 0.357. The van der Waals surface area contributed by atoms with Crippen LogP contribution in [0.3, 0.4) is 0 Å². The topological polar surface area (TPSA) is 67.4 Å². The summed E-state index contributed by atoms with van der Waals surface area (Å²) >= 11 is 4.93. The van der Waals surface area contributed by atoms with Gasteiger partial charge in [0.1, 0.15) is 0 Å². The number of unbranched alkanes of at least 4 members (excludes halogenated alkanes) is 1. The SMILES string of the molecule is CCCCOC(=O)c1ccc(NC(=S)NC(C)=O)cc1. The molecule has 0 heterocycles. The Morgan fingerprint density at radius 3 is 2.45 bits per heavy atom. The Hall–Kier alpha value is -1.95. The molecule has 0 fully saturated rings. The zero-order chi connectivity index (χ0) is 15.0. The van der Waals surface area contributed by atoms with Crippen LogP contribution in [0.25, 0.3) is 0 Å². The average Bonchev–Trinajstić information content (AvgIpc) is 2.38. The molecule has 6 heteroatoms. The quantitative estimate of drug-likeness (QED) is 0.496. The molecule has 0 unspecified atom stereocenters. The van der Waals surface area contributed by atoms with Crippen molar-refractivity contribution in [1.29, 1.82) is 0 Å². The number of hydrogen-bond acceptors (Lipinski definition) is 4. The molecule has 0 spiro atoms. The first-order valence-corrected chi connectivity index (χ1v) is 6.79. The molecule has 0 aliphatic carbocycles. The molecule has 1 aromatic carbocycles. The van der Waals surface area contributed by atoms with E-state index in [2.05, 4.69) is 10.6 Å². The summed E-state index contributed by atoms with van der Waals surface area (Å²) in [7, 11) is 0. The molecule has 0 aromatic heterocycles. The van der Waals surface area contributed by atoms with Gasteiger partial charge in [0.25, 0.3) is 0 Å². The number of nitrogens with one attached hydrogen (secondary N) is 2. The van der Waals surface area contributed by atoms with Crippen LogP contribution in [0.2, 0.25) is 0 Å². The van der Waals surface area contributed by atoms with Crippen LogP contribution in [0.1, 0.15) is 37.0 Å². The van der Waals surface area contributed by atoms with Crippen LogP contribution in [0.4, 0.5) is 5.69 Å². The number of ether oxygens (including phenoxy) is 1. The van der Waals surface area contributed by atoms with E-state index < -0.39 is 0 Å². The summed E-state index contributed by atoms with van der Waals surface area (Å²) in [6.45, 7) is 3.84. The summed E-state index contributed by atoms with van der Waals surface area (Å²) in [5.41, 5.74) is 1.17. The minimum absolute atomic E-state index is 0.218. The van der Waals surface area contributed by atoms with Crippen molar-refractivity contribution in [2.45, 2.75) is 26.7 Å². The molecule has 1 aromatic rings. The molecule has 20 heavy (non-hydrogen) atoms. The minimum Gasteiger partial charge on any atom is -0.462 e. The van der Waals surface area contributed by atoms with Crippen molar-refractivity contribution in [3.63, 3.8) is 0 Å². The minimum atomic E-state index is -0.338. The van der Waals surface area contributed by atoms with E-state index in [-0.39, 0.29) is 17.0 Å². The van der Waals surface area contributed by atoms with Gasteiger partial charge < -0.3 is 15.4 Å². The molecule has 0 radical (unpaired) electrons. The van der Waals surface area contributed by atoms with E-state index in [0.717, 1.165) is 12.8 Å². The predicted octanol–water partition coefficient (Wildman–Crippen LogP) is 2.48. The van der Waals surface area contributed by atoms with Crippen molar-refractivity contribution in [3.05, 3.63) is 29.8 Å². The van der Waals surface area contributed by atoms with Crippen molar-refractivity contribution >= 4 is 34.9 Å². The van der Waals surface area contributed by atoms with E-state index in [0.29, 0.717) is 17.9 Å². The number of thiocarbonyl (C=S) groups is 1. The second-order valence-electron chi connectivity index (χ2n) is 4.20. The molecule has 0 aliphatic rings. The van der Waals surface area contributed by atoms with E-state index in [1.807, 2.05) is 6.92 Å². The Labute approximate surface area is 123 Å². The first-order valence-electron chi connectivity index (χ1n) is 6.38. The van der Waals surface area contributed by atoms with Crippen molar-refractivity contribution in [2.75, 3.05) is 11.9 Å². The van der Waals surface area contributed by atoms with E-state index in [4.69, 9.17) is 17.0 Å². The van der Waals surface area contributed by atoms with Gasteiger partial charge in [-0.25, -0.2) is 4.79 Å². The van der Waals surface area contributed by atoms with E-state index in [1.165, 1.54) is 6.92 Å². The maximum Gasteiger partial charge on any atom is 0.338 e. The molecule has 0 saturated heterocycles. The molecule has 0 bridgehead atoms. The number of hydrogen-bond donors (Lipinski definition) is 2. The number of benzene rings is 1. The highest BCUT2D eigenvalue weighted by Gasteiger charge is 2.07. The highest BCUT2D eigenvalue weighted by molar-refractivity contribution is 7.80. The average molecular weight is 294 g/mol. The van der Waals surface area contributed by atoms with Crippen LogP contribution in [-0.4, -0.2) is 23.6 Å². The molecule has 0 aliphatic heterocycles. The molecular weight excluding hydrogens is 276 g/mol.